The second-order valence-electron chi connectivity index (χ2n) is 27.6. The van der Waals surface area contributed by atoms with E-state index in [0.717, 1.165) is 162 Å². The fourth-order valence-corrected chi connectivity index (χ4v) is 24.1. The highest BCUT2D eigenvalue weighted by Gasteiger charge is 2.77. The molecule has 15 nitrogen and oxygen atoms in total. The SMILES string of the molecule is O=C1C=C2CC(C3=C4CC(C5=C6C(C7C(C8CC9=CC(=O)O[C@@]9%10C[C@@H]8N8CCCC8%10)C8=CC(=O)O[C@@]89C[C@@H]7N7CCCC79)=C[C@@H]7C[C@@]6(OC5=O)C5CCCN57)[C@@H]5C[C@@]4(OC3=O)C3CCCN35)[C@@H]3C[C@@]2(O1)C1CCCN13. The number of fused-ring (bicyclic) bond motifs is 12. The monoisotopic (exact) mass is 1020 g/mol. The lowest BCUT2D eigenvalue weighted by Gasteiger charge is -2.51. The van der Waals surface area contributed by atoms with Crippen LogP contribution in [-0.4, -0.2) is 175 Å². The maximum atomic E-state index is 16.0. The standard InChI is InChI=1S/C60H65N5O10/c66-46-18-28-16-31(37-24-56(28,71-46)41-6-2-12-62(37)41)49-36-22-48(68)73-58(36)27-40(65-15-5-8-43(58)65)51(49)34-20-30-23-60(45-10-1-11-61(30)45)53(34)52(55(70)75-60)33-21-35-50(54(69)74-59(35)26-39(33)64-14-4-9-44(59)64)32-17-29-19-47(67)72-57(29)25-38(32)63-13-3-7-42(57)63/h18-20,22,30-33,37-45,49,51H,1-17,21,23-27H2/t30-,31?,32?,33?,37+,38+,39+,40+,41?,42?,43?,44?,45?,49?,51?,56+,57+,58+,59+,60-/m1/s1. The first-order chi connectivity index (χ1) is 36.5. The van der Waals surface area contributed by atoms with Crippen LogP contribution in [0.25, 0.3) is 0 Å². The van der Waals surface area contributed by atoms with E-state index in [2.05, 4.69) is 30.6 Å². The maximum absolute atomic E-state index is 16.0. The van der Waals surface area contributed by atoms with Crippen molar-refractivity contribution in [3.8, 4) is 0 Å². The third-order valence-corrected chi connectivity index (χ3v) is 25.8. The van der Waals surface area contributed by atoms with Crippen LogP contribution < -0.4 is 0 Å². The van der Waals surface area contributed by atoms with Gasteiger partial charge in [0.1, 0.15) is 0 Å². The average molecular weight is 1020 g/mol. The van der Waals surface area contributed by atoms with E-state index in [9.17, 15) is 14.4 Å². The van der Waals surface area contributed by atoms with E-state index in [0.29, 0.717) is 25.7 Å². The van der Waals surface area contributed by atoms with E-state index < -0.39 is 28.0 Å². The summed E-state index contributed by atoms with van der Waals surface area (Å²) >= 11 is 0. The van der Waals surface area contributed by atoms with Crippen molar-refractivity contribution in [2.45, 2.75) is 204 Å². The van der Waals surface area contributed by atoms with Gasteiger partial charge < -0.3 is 23.7 Å². The van der Waals surface area contributed by atoms with Crippen molar-refractivity contribution in [1.29, 1.82) is 0 Å². The summed E-state index contributed by atoms with van der Waals surface area (Å²) in [5.41, 5.74) is 5.25. The van der Waals surface area contributed by atoms with E-state index in [4.69, 9.17) is 23.7 Å². The molecule has 20 rings (SSSR count). The first kappa shape index (κ1) is 42.6. The van der Waals surface area contributed by atoms with Crippen molar-refractivity contribution in [2.75, 3.05) is 32.7 Å². The lowest BCUT2D eigenvalue weighted by molar-refractivity contribution is -0.151. The smallest absolute Gasteiger partial charge is 0.335 e. The van der Waals surface area contributed by atoms with Gasteiger partial charge in [0.15, 0.2) is 28.0 Å². The number of ether oxygens (including phenoxy) is 5. The molecule has 0 radical (unpaired) electrons. The highest BCUT2D eigenvalue weighted by atomic mass is 16.6. The van der Waals surface area contributed by atoms with E-state index >= 15 is 9.59 Å². The topological polar surface area (TPSA) is 148 Å². The van der Waals surface area contributed by atoms with Crippen LogP contribution >= 0.6 is 0 Å². The van der Waals surface area contributed by atoms with Gasteiger partial charge in [-0.15, -0.1) is 0 Å². The molecule has 14 fully saturated rings. The Labute approximate surface area is 435 Å². The zero-order valence-corrected chi connectivity index (χ0v) is 42.6. The van der Waals surface area contributed by atoms with E-state index in [1.54, 1.807) is 6.08 Å². The molecule has 390 valence electrons. The molecule has 0 aromatic rings. The molecular formula is C60H65N5O10. The maximum Gasteiger partial charge on any atom is 0.335 e. The fourth-order valence-electron chi connectivity index (χ4n) is 24.1. The summed E-state index contributed by atoms with van der Waals surface area (Å²) in [6.45, 7) is 4.75. The average Bonchev–Trinajstić information content (AvgIpc) is 4.26. The lowest BCUT2D eigenvalue weighted by Crippen LogP contribution is -2.54. The largest absolute Gasteiger partial charge is 0.450 e. The summed E-state index contributed by atoms with van der Waals surface area (Å²) in [5.74, 6) is -1.37. The lowest BCUT2D eigenvalue weighted by atomic mass is 9.54. The van der Waals surface area contributed by atoms with Crippen LogP contribution in [0, 0.1) is 29.6 Å². The zero-order chi connectivity index (χ0) is 49.2. The Kier molecular flexibility index (Phi) is 7.58. The van der Waals surface area contributed by atoms with Crippen LogP contribution in [-0.2, 0) is 47.7 Å². The van der Waals surface area contributed by atoms with E-state index in [1.165, 1.54) is 5.57 Å². The molecular weight excluding hydrogens is 951 g/mol. The molecule has 0 aromatic heterocycles. The molecule has 0 aromatic carbocycles. The summed E-state index contributed by atoms with van der Waals surface area (Å²) in [6, 6.07) is 1.02. The van der Waals surface area contributed by atoms with Crippen LogP contribution in [0.2, 0.25) is 0 Å². The zero-order valence-electron chi connectivity index (χ0n) is 42.6. The summed E-state index contributed by atoms with van der Waals surface area (Å²) in [4.78, 5) is 85.4. The number of rotatable bonds is 4. The van der Waals surface area contributed by atoms with Crippen molar-refractivity contribution in [1.82, 2.24) is 24.5 Å². The summed E-state index contributed by atoms with van der Waals surface area (Å²) in [6.07, 6.45) is 23.9. The Bertz CT molecular complexity index is 3100. The van der Waals surface area contributed by atoms with Gasteiger partial charge in [-0.1, -0.05) is 6.08 Å². The number of hydrogen-bond donors (Lipinski definition) is 0. The minimum Gasteiger partial charge on any atom is -0.450 e. The Morgan fingerprint density at radius 1 is 0.440 bits per heavy atom. The Morgan fingerprint density at radius 2 is 0.933 bits per heavy atom. The van der Waals surface area contributed by atoms with E-state index in [1.807, 2.05) is 12.2 Å². The Morgan fingerprint density at radius 3 is 1.63 bits per heavy atom. The molecule has 15 heteroatoms. The number of nitrogens with zero attached hydrogens (tertiary/aromatic N) is 5. The molecule has 16 heterocycles. The molecule has 75 heavy (non-hydrogen) atoms. The molecule has 10 bridgehead atoms. The van der Waals surface area contributed by atoms with Gasteiger partial charge in [-0.2, -0.15) is 0 Å². The fraction of sp³-hybridized carbons (Fsp3) is 0.717. The molecule has 3 saturated carbocycles. The number of hydrogen-bond acceptors (Lipinski definition) is 15. The Balaban J connectivity index is 0.793. The normalized spacial score (nSPS) is 53.7. The van der Waals surface area contributed by atoms with Crippen molar-refractivity contribution < 1.29 is 47.7 Å². The second-order valence-corrected chi connectivity index (χ2v) is 27.6. The highest BCUT2D eigenvalue weighted by molar-refractivity contribution is 5.98. The third kappa shape index (κ3) is 4.58. The van der Waals surface area contributed by atoms with Crippen LogP contribution in [0.15, 0.2) is 68.9 Å². The third-order valence-electron chi connectivity index (χ3n) is 25.8. The van der Waals surface area contributed by atoms with Gasteiger partial charge >= 0.3 is 29.8 Å². The van der Waals surface area contributed by atoms with Gasteiger partial charge in [-0.05, 0) is 156 Å². The number of carbonyl (C=O) groups is 5. The predicted octanol–water partition coefficient (Wildman–Crippen LogP) is 4.27. The van der Waals surface area contributed by atoms with Crippen molar-refractivity contribution >= 4 is 29.8 Å². The van der Waals surface area contributed by atoms with Crippen LogP contribution in [0.5, 0.6) is 0 Å². The summed E-state index contributed by atoms with van der Waals surface area (Å²) in [5, 5.41) is 0. The summed E-state index contributed by atoms with van der Waals surface area (Å²) < 4.78 is 33.9. The van der Waals surface area contributed by atoms with Gasteiger partial charge in [0.2, 0.25) is 0 Å². The molecule has 0 amide bonds. The van der Waals surface area contributed by atoms with Gasteiger partial charge in [-0.25, -0.2) is 24.0 Å². The number of esters is 5. The second kappa shape index (κ2) is 13.4. The quantitative estimate of drug-likeness (QED) is 0.292. The van der Waals surface area contributed by atoms with Crippen LogP contribution in [0.4, 0.5) is 0 Å². The molecule has 20 atom stereocenters. The predicted molar refractivity (Wildman–Crippen MR) is 262 cm³/mol. The molecule has 5 spiro atoms. The van der Waals surface area contributed by atoms with E-state index in [-0.39, 0.29) is 120 Å². The van der Waals surface area contributed by atoms with Crippen LogP contribution in [0.1, 0.15) is 116 Å². The minimum atomic E-state index is -0.793. The Hall–Kier alpha value is -4.41. The molecule has 11 saturated heterocycles. The first-order valence-electron chi connectivity index (χ1n) is 29.8. The van der Waals surface area contributed by atoms with Gasteiger partial charge in [0, 0.05) is 115 Å². The molecule has 0 N–H and O–H groups in total. The molecule has 20 aliphatic rings. The van der Waals surface area contributed by atoms with Crippen molar-refractivity contribution in [2.24, 2.45) is 29.6 Å². The van der Waals surface area contributed by atoms with Gasteiger partial charge in [-0.3, -0.25) is 24.5 Å². The first-order valence-corrected chi connectivity index (χ1v) is 29.8. The molecule has 10 unspecified atom stereocenters. The van der Waals surface area contributed by atoms with Crippen LogP contribution in [0.3, 0.4) is 0 Å². The van der Waals surface area contributed by atoms with Gasteiger partial charge in [0.05, 0.1) is 30.2 Å². The summed E-state index contributed by atoms with van der Waals surface area (Å²) in [7, 11) is 0. The molecule has 16 aliphatic heterocycles. The van der Waals surface area contributed by atoms with Crippen molar-refractivity contribution in [3.63, 3.8) is 0 Å². The minimum absolute atomic E-state index is 0.00683. The molecule has 4 aliphatic carbocycles. The van der Waals surface area contributed by atoms with Crippen molar-refractivity contribution in [3.05, 3.63) is 68.9 Å². The highest BCUT2D eigenvalue weighted by Crippen LogP contribution is 2.71. The van der Waals surface area contributed by atoms with Gasteiger partial charge in [0.25, 0.3) is 0 Å². The number of carbonyl (C=O) groups excluding carboxylic acids is 5.